The predicted molar refractivity (Wildman–Crippen MR) is 221 cm³/mol. The smallest absolute Gasteiger partial charge is 0.444 e. The van der Waals surface area contributed by atoms with Gasteiger partial charge in [0.15, 0.2) is 11.6 Å². The van der Waals surface area contributed by atoms with Gasteiger partial charge in [0.2, 0.25) is 0 Å². The van der Waals surface area contributed by atoms with Crippen LogP contribution < -0.4 is 0 Å². The second-order valence-electron chi connectivity index (χ2n) is 15.8. The Morgan fingerprint density at radius 2 is 1.19 bits per heavy atom. The molecule has 4 aromatic heterocycles. The molecule has 57 heavy (non-hydrogen) atoms. The largest absolute Gasteiger partial charge is 0.493 e. The minimum absolute atomic E-state index is 0.240. The third-order valence-corrected chi connectivity index (χ3v) is 8.78. The average Bonchev–Trinajstić information content (AvgIpc) is 3.17. The molecular weight excluding hydrogens is 791 g/mol. The van der Waals surface area contributed by atoms with E-state index in [1.165, 1.54) is 0 Å². The molecule has 0 aromatic carbocycles. The maximum Gasteiger partial charge on any atom is 0.493 e. The number of pyridine rings is 2. The zero-order chi connectivity index (χ0) is 41.2. The first kappa shape index (κ1) is 43.1. The lowest BCUT2D eigenvalue weighted by Crippen LogP contribution is -2.55. The Kier molecular flexibility index (Phi) is 14.3. The molecule has 3 aliphatic heterocycles. The van der Waals surface area contributed by atoms with Gasteiger partial charge in [-0.2, -0.15) is 0 Å². The zero-order valence-corrected chi connectivity index (χ0v) is 35.4. The number of halogens is 1. The van der Waals surface area contributed by atoms with Crippen LogP contribution in [0.4, 0.5) is 9.59 Å². The van der Waals surface area contributed by atoms with Gasteiger partial charge in [0.1, 0.15) is 21.6 Å². The molecule has 300 valence electrons. The number of carbonyl (C=O) groups is 2. The third-order valence-electron chi connectivity index (χ3n) is 8.31. The van der Waals surface area contributed by atoms with Gasteiger partial charge in [-0.25, -0.2) is 34.5 Å². The van der Waals surface area contributed by atoms with Crippen molar-refractivity contribution in [2.24, 2.45) is 0 Å². The number of hydrogen-bond donors (Lipinski definition) is 0. The summed E-state index contributed by atoms with van der Waals surface area (Å²) in [4.78, 5) is 52.7. The van der Waals surface area contributed by atoms with Crippen molar-refractivity contribution in [3.63, 3.8) is 0 Å². The predicted octanol–water partition coefficient (Wildman–Crippen LogP) is 8.23. The van der Waals surface area contributed by atoms with Crippen LogP contribution >= 0.6 is 15.9 Å². The first-order valence-corrected chi connectivity index (χ1v) is 19.6. The molecule has 0 bridgehead atoms. The summed E-state index contributed by atoms with van der Waals surface area (Å²) < 4.78 is 22.8. The molecule has 16 heteroatoms. The van der Waals surface area contributed by atoms with Crippen molar-refractivity contribution in [3.8, 4) is 22.8 Å². The molecule has 4 aromatic rings. The van der Waals surface area contributed by atoms with E-state index in [0.717, 1.165) is 45.3 Å². The number of ether oxygens (including phenoxy) is 2. The Bertz CT molecular complexity index is 2000. The van der Waals surface area contributed by atoms with Crippen molar-refractivity contribution in [2.45, 2.75) is 85.2 Å². The highest BCUT2D eigenvalue weighted by Crippen LogP contribution is 2.32. The number of aromatic nitrogens is 6. The summed E-state index contributed by atoms with van der Waals surface area (Å²) in [6.07, 6.45) is 15.4. The van der Waals surface area contributed by atoms with Crippen LogP contribution in [0.1, 0.15) is 73.9 Å². The molecule has 14 nitrogen and oxygen atoms in total. The molecule has 0 spiro atoms. The molecule has 0 unspecified atom stereocenters. The van der Waals surface area contributed by atoms with Crippen LogP contribution in [-0.2, 0) is 18.8 Å². The van der Waals surface area contributed by atoms with Gasteiger partial charge >= 0.3 is 19.3 Å². The van der Waals surface area contributed by atoms with Gasteiger partial charge < -0.3 is 28.6 Å². The second kappa shape index (κ2) is 18.9. The monoisotopic (exact) mass is 840 g/mol. The highest BCUT2D eigenvalue weighted by molar-refractivity contribution is 9.10. The Balaban J connectivity index is 0.000000172. The molecule has 0 N–H and O–H groups in total. The van der Waals surface area contributed by atoms with Crippen molar-refractivity contribution in [2.75, 3.05) is 26.2 Å². The van der Waals surface area contributed by atoms with Gasteiger partial charge in [0, 0.05) is 74.5 Å². The fraction of sp³-hybridized carbons (Fsp3) is 0.415. The van der Waals surface area contributed by atoms with E-state index in [0.29, 0.717) is 37.8 Å². The minimum Gasteiger partial charge on any atom is -0.444 e. The zero-order valence-electron chi connectivity index (χ0n) is 33.8. The lowest BCUT2D eigenvalue weighted by molar-refractivity contribution is -0.188. The molecular formula is C41H50BBrN8O6. The highest BCUT2D eigenvalue weighted by Gasteiger charge is 2.45. The molecule has 0 atom stereocenters. The van der Waals surface area contributed by atoms with Gasteiger partial charge in [0.25, 0.3) is 0 Å². The Labute approximate surface area is 343 Å². The van der Waals surface area contributed by atoms with Crippen molar-refractivity contribution in [1.29, 1.82) is 0 Å². The third kappa shape index (κ3) is 13.5. The normalized spacial score (nSPS) is 16.3. The van der Waals surface area contributed by atoms with E-state index < -0.39 is 17.0 Å². The standard InChI is InChI=1S/C19H22N4O2.C13H22BNO4.C9H6BrN3/c1-19(2,3)25-18(24)23-11-7-14(8-12-23)16-6-5-15(13-22-16)17-20-9-4-10-21-17;1-12(2,3)17-11(16)15-8-6-10(7-9-15)14-18-13(4,5)19-14;10-8-3-2-7(6-13-8)9-11-4-1-5-12-9/h4-7,9-10,13H,8,11-12H2,1-3H3;6H,7-9H2,1-5H3;1-6H. The van der Waals surface area contributed by atoms with Crippen LogP contribution in [-0.4, -0.2) is 102 Å². The molecule has 7 heterocycles. The van der Waals surface area contributed by atoms with Gasteiger partial charge in [-0.1, -0.05) is 12.2 Å². The van der Waals surface area contributed by atoms with Crippen LogP contribution in [0.15, 0.2) is 95.8 Å². The van der Waals surface area contributed by atoms with Crippen molar-refractivity contribution in [1.82, 2.24) is 39.7 Å². The Hall–Kier alpha value is -5.06. The second-order valence-corrected chi connectivity index (χ2v) is 16.6. The summed E-state index contributed by atoms with van der Waals surface area (Å²) in [5, 5.41) is 0. The maximum absolute atomic E-state index is 12.1. The van der Waals surface area contributed by atoms with Gasteiger partial charge in [-0.05, 0) is 132 Å². The fourth-order valence-electron chi connectivity index (χ4n) is 5.58. The number of hydrogen-bond acceptors (Lipinski definition) is 12. The highest BCUT2D eigenvalue weighted by atomic mass is 79.9. The molecule has 1 fully saturated rings. The lowest BCUT2D eigenvalue weighted by atomic mass is 9.71. The van der Waals surface area contributed by atoms with Crippen LogP contribution in [0, 0.1) is 0 Å². The topological polar surface area (TPSA) is 155 Å². The van der Waals surface area contributed by atoms with Gasteiger partial charge in [0.05, 0.1) is 5.69 Å². The molecule has 1 saturated heterocycles. The molecule has 7 rings (SSSR count). The van der Waals surface area contributed by atoms with E-state index >= 15 is 0 Å². The molecule has 0 saturated carbocycles. The summed E-state index contributed by atoms with van der Waals surface area (Å²) in [5.41, 5.74) is 4.05. The van der Waals surface area contributed by atoms with Crippen LogP contribution in [0.2, 0.25) is 0 Å². The number of nitrogens with zero attached hydrogens (tertiary/aromatic N) is 8. The van der Waals surface area contributed by atoms with Crippen LogP contribution in [0.25, 0.3) is 28.3 Å². The molecule has 2 amide bonds. The molecule has 0 aliphatic carbocycles. The number of carbonyl (C=O) groups excluding carboxylic acids is 2. The minimum atomic E-state index is -0.478. The maximum atomic E-state index is 12.1. The fourth-order valence-corrected chi connectivity index (χ4v) is 5.82. The van der Waals surface area contributed by atoms with Gasteiger partial charge in [-0.15, -0.1) is 0 Å². The first-order valence-electron chi connectivity index (χ1n) is 18.8. The quantitative estimate of drug-likeness (QED) is 0.144. The Morgan fingerprint density at radius 1 is 0.702 bits per heavy atom. The van der Waals surface area contributed by atoms with E-state index in [1.807, 2.05) is 91.8 Å². The van der Waals surface area contributed by atoms with Crippen molar-refractivity contribution >= 4 is 40.8 Å². The summed E-state index contributed by atoms with van der Waals surface area (Å²) in [6, 6.07) is 11.3. The van der Waals surface area contributed by atoms with Crippen molar-refractivity contribution in [3.05, 3.63) is 102 Å². The SMILES string of the molecule is Brc1ccc(-c2ncccn2)cn1.CC(C)(C)OC(=O)N1CC=C(B2OC(C)(C)O2)CC1.CC(C)(C)OC(=O)N1CC=C(c2ccc(-c3ncccn3)cn2)CC1. The summed E-state index contributed by atoms with van der Waals surface area (Å²) in [5.74, 6) is 0.881. The first-order chi connectivity index (χ1) is 26.9. The molecule has 0 radical (unpaired) electrons. The van der Waals surface area contributed by atoms with E-state index in [9.17, 15) is 9.59 Å². The van der Waals surface area contributed by atoms with E-state index in [2.05, 4.69) is 45.8 Å². The number of rotatable bonds is 4. The van der Waals surface area contributed by atoms with Crippen LogP contribution in [0.5, 0.6) is 0 Å². The molecule has 3 aliphatic rings. The van der Waals surface area contributed by atoms with E-state index in [1.54, 1.807) is 59.1 Å². The number of amides is 2. The van der Waals surface area contributed by atoms with Crippen molar-refractivity contribution < 1.29 is 28.4 Å². The Morgan fingerprint density at radius 3 is 1.58 bits per heavy atom. The van der Waals surface area contributed by atoms with Gasteiger partial charge in [-0.3, -0.25) is 4.98 Å². The summed E-state index contributed by atoms with van der Waals surface area (Å²) in [6.45, 7) is 17.4. The lowest BCUT2D eigenvalue weighted by Gasteiger charge is -2.43. The van der Waals surface area contributed by atoms with Crippen LogP contribution in [0.3, 0.4) is 0 Å². The summed E-state index contributed by atoms with van der Waals surface area (Å²) in [7, 11) is -0.240. The summed E-state index contributed by atoms with van der Waals surface area (Å²) >= 11 is 3.27. The van der Waals surface area contributed by atoms with E-state index in [-0.39, 0.29) is 19.3 Å². The average molecular weight is 842 g/mol. The van der Waals surface area contributed by atoms with E-state index in [4.69, 9.17) is 18.8 Å².